The summed E-state index contributed by atoms with van der Waals surface area (Å²) in [6.45, 7) is 7.07. The molecule has 22 heavy (non-hydrogen) atoms. The van der Waals surface area contributed by atoms with Crippen LogP contribution in [0.1, 0.15) is 29.8 Å². The zero-order valence-electron chi connectivity index (χ0n) is 12.7. The largest absolute Gasteiger partial charge is 0.377 e. The SMILES string of the molecule is C=CCOC[C@@]12CCCO[C@H]1CCN(C(=O)c1cscn1)C2. The standard InChI is InChI=1S/C16H22N2O3S/c1-2-7-20-11-16-5-3-8-21-14(16)4-6-18(10-16)15(19)13-9-22-12-17-13/h2,9,12,14H,1,3-8,10-11H2/t14-,16-/m0/s1. The van der Waals surface area contributed by atoms with Gasteiger partial charge in [-0.05, 0) is 19.3 Å². The van der Waals surface area contributed by atoms with E-state index in [1.165, 1.54) is 11.3 Å². The van der Waals surface area contributed by atoms with Gasteiger partial charge < -0.3 is 14.4 Å². The molecule has 1 aromatic rings. The second-order valence-electron chi connectivity index (χ2n) is 6.02. The van der Waals surface area contributed by atoms with Gasteiger partial charge in [0.1, 0.15) is 5.69 Å². The van der Waals surface area contributed by atoms with Gasteiger partial charge in [-0.2, -0.15) is 0 Å². The summed E-state index contributed by atoms with van der Waals surface area (Å²) in [4.78, 5) is 18.6. The van der Waals surface area contributed by atoms with Crippen LogP contribution in [-0.2, 0) is 9.47 Å². The number of likely N-dealkylation sites (tertiary alicyclic amines) is 1. The van der Waals surface area contributed by atoms with Crippen LogP contribution in [0.4, 0.5) is 0 Å². The molecule has 2 aliphatic rings. The van der Waals surface area contributed by atoms with Crippen LogP contribution in [0.25, 0.3) is 0 Å². The lowest BCUT2D eigenvalue weighted by molar-refractivity contribution is -0.144. The molecule has 0 N–H and O–H groups in total. The zero-order valence-corrected chi connectivity index (χ0v) is 13.5. The van der Waals surface area contributed by atoms with Crippen molar-refractivity contribution < 1.29 is 14.3 Å². The Hall–Kier alpha value is -1.24. The maximum Gasteiger partial charge on any atom is 0.273 e. The molecular weight excluding hydrogens is 300 g/mol. The molecule has 120 valence electrons. The predicted molar refractivity (Wildman–Crippen MR) is 85.1 cm³/mol. The molecule has 0 aromatic carbocycles. The van der Waals surface area contributed by atoms with E-state index in [9.17, 15) is 4.79 Å². The summed E-state index contributed by atoms with van der Waals surface area (Å²) in [6, 6.07) is 0. The van der Waals surface area contributed by atoms with Gasteiger partial charge in [-0.25, -0.2) is 4.98 Å². The molecule has 3 rings (SSSR count). The summed E-state index contributed by atoms with van der Waals surface area (Å²) < 4.78 is 11.7. The number of fused-ring (bicyclic) bond motifs is 1. The van der Waals surface area contributed by atoms with Gasteiger partial charge in [-0.15, -0.1) is 17.9 Å². The molecule has 1 amide bonds. The van der Waals surface area contributed by atoms with Crippen LogP contribution in [0, 0.1) is 5.41 Å². The second-order valence-corrected chi connectivity index (χ2v) is 6.74. The number of aromatic nitrogens is 1. The Balaban J connectivity index is 1.74. The Kier molecular flexibility index (Phi) is 4.90. The van der Waals surface area contributed by atoms with Crippen molar-refractivity contribution in [2.24, 2.45) is 5.41 Å². The fourth-order valence-corrected chi connectivity index (χ4v) is 4.03. The van der Waals surface area contributed by atoms with E-state index in [0.29, 0.717) is 25.5 Å². The van der Waals surface area contributed by atoms with Crippen molar-refractivity contribution in [1.82, 2.24) is 9.88 Å². The first-order valence-corrected chi connectivity index (χ1v) is 8.67. The summed E-state index contributed by atoms with van der Waals surface area (Å²) >= 11 is 1.45. The third kappa shape index (κ3) is 3.09. The number of carbonyl (C=O) groups excluding carboxylic acids is 1. The lowest BCUT2D eigenvalue weighted by Crippen LogP contribution is -2.58. The van der Waals surface area contributed by atoms with Crippen LogP contribution in [0.2, 0.25) is 0 Å². The lowest BCUT2D eigenvalue weighted by atomic mass is 9.73. The second kappa shape index (κ2) is 6.89. The smallest absolute Gasteiger partial charge is 0.273 e. The number of hydrogen-bond donors (Lipinski definition) is 0. The number of hydrogen-bond acceptors (Lipinski definition) is 5. The van der Waals surface area contributed by atoms with Crippen LogP contribution in [0.15, 0.2) is 23.5 Å². The highest BCUT2D eigenvalue weighted by atomic mass is 32.1. The summed E-state index contributed by atoms with van der Waals surface area (Å²) in [6.07, 6.45) is 4.87. The number of piperidine rings is 1. The molecule has 0 saturated carbocycles. The Bertz CT molecular complexity index is 519. The number of amides is 1. The fraction of sp³-hybridized carbons (Fsp3) is 0.625. The molecule has 5 nitrogen and oxygen atoms in total. The van der Waals surface area contributed by atoms with Gasteiger partial charge in [-0.1, -0.05) is 6.08 Å². The van der Waals surface area contributed by atoms with E-state index in [0.717, 1.165) is 32.4 Å². The fourth-order valence-electron chi connectivity index (χ4n) is 3.50. The van der Waals surface area contributed by atoms with Gasteiger partial charge in [0.05, 0.1) is 24.8 Å². The first-order chi connectivity index (χ1) is 10.7. The van der Waals surface area contributed by atoms with Gasteiger partial charge in [-0.3, -0.25) is 4.79 Å². The molecule has 0 bridgehead atoms. The molecule has 3 heterocycles. The van der Waals surface area contributed by atoms with Crippen molar-refractivity contribution in [2.45, 2.75) is 25.4 Å². The molecule has 2 fully saturated rings. The van der Waals surface area contributed by atoms with Crippen LogP contribution >= 0.6 is 11.3 Å². The molecule has 0 radical (unpaired) electrons. The third-order valence-corrected chi connectivity index (χ3v) is 5.14. The first-order valence-electron chi connectivity index (χ1n) is 7.73. The summed E-state index contributed by atoms with van der Waals surface area (Å²) in [7, 11) is 0. The molecule has 2 saturated heterocycles. The predicted octanol–water partition coefficient (Wildman–Crippen LogP) is 2.36. The minimum atomic E-state index is -0.0921. The van der Waals surface area contributed by atoms with Gasteiger partial charge in [0.15, 0.2) is 0 Å². The van der Waals surface area contributed by atoms with Crippen molar-refractivity contribution in [3.05, 3.63) is 29.2 Å². The Morgan fingerprint density at radius 2 is 2.59 bits per heavy atom. The summed E-state index contributed by atoms with van der Waals surface area (Å²) in [5.74, 6) is 0.0216. The topological polar surface area (TPSA) is 51.7 Å². The summed E-state index contributed by atoms with van der Waals surface area (Å²) in [5, 5.41) is 1.81. The van der Waals surface area contributed by atoms with E-state index in [-0.39, 0.29) is 17.4 Å². The molecule has 2 aliphatic heterocycles. The third-order valence-electron chi connectivity index (χ3n) is 4.55. The highest BCUT2D eigenvalue weighted by Crippen LogP contribution is 2.40. The minimum Gasteiger partial charge on any atom is -0.377 e. The van der Waals surface area contributed by atoms with Gasteiger partial charge in [0.25, 0.3) is 5.91 Å². The highest BCUT2D eigenvalue weighted by Gasteiger charge is 2.47. The van der Waals surface area contributed by atoms with Crippen LogP contribution in [0.3, 0.4) is 0 Å². The maximum absolute atomic E-state index is 12.6. The Morgan fingerprint density at radius 3 is 3.36 bits per heavy atom. The molecular formula is C16H22N2O3S. The van der Waals surface area contributed by atoms with Crippen molar-refractivity contribution in [2.75, 3.05) is 32.9 Å². The minimum absolute atomic E-state index is 0.0216. The van der Waals surface area contributed by atoms with Gasteiger partial charge in [0, 0.05) is 30.5 Å². The first kappa shape index (κ1) is 15.6. The monoisotopic (exact) mass is 322 g/mol. The number of carbonyl (C=O) groups is 1. The average molecular weight is 322 g/mol. The highest BCUT2D eigenvalue weighted by molar-refractivity contribution is 7.07. The van der Waals surface area contributed by atoms with E-state index in [4.69, 9.17) is 9.47 Å². The van der Waals surface area contributed by atoms with Crippen molar-refractivity contribution in [3.8, 4) is 0 Å². The van der Waals surface area contributed by atoms with E-state index in [1.807, 2.05) is 10.3 Å². The summed E-state index contributed by atoms with van der Waals surface area (Å²) in [5.41, 5.74) is 2.15. The lowest BCUT2D eigenvalue weighted by Gasteiger charge is -2.50. The molecule has 2 atom stereocenters. The van der Waals surface area contributed by atoms with E-state index < -0.39 is 0 Å². The Morgan fingerprint density at radius 1 is 1.68 bits per heavy atom. The average Bonchev–Trinajstić information content (AvgIpc) is 3.08. The van der Waals surface area contributed by atoms with Crippen molar-refractivity contribution in [1.29, 1.82) is 0 Å². The van der Waals surface area contributed by atoms with E-state index >= 15 is 0 Å². The molecule has 0 spiro atoms. The number of rotatable bonds is 5. The zero-order chi connectivity index (χ0) is 15.4. The van der Waals surface area contributed by atoms with Crippen LogP contribution in [-0.4, -0.2) is 54.8 Å². The Labute approximate surface area is 134 Å². The number of nitrogens with zero attached hydrogens (tertiary/aromatic N) is 2. The van der Waals surface area contributed by atoms with E-state index in [2.05, 4.69) is 11.6 Å². The van der Waals surface area contributed by atoms with Crippen molar-refractivity contribution in [3.63, 3.8) is 0 Å². The number of ether oxygens (including phenoxy) is 2. The molecule has 1 aromatic heterocycles. The number of thiazole rings is 1. The van der Waals surface area contributed by atoms with Gasteiger partial charge in [0.2, 0.25) is 0 Å². The van der Waals surface area contributed by atoms with Crippen LogP contribution < -0.4 is 0 Å². The molecule has 6 heteroatoms. The maximum atomic E-state index is 12.6. The van der Waals surface area contributed by atoms with E-state index in [1.54, 1.807) is 11.6 Å². The normalized spacial score (nSPS) is 28.2. The van der Waals surface area contributed by atoms with Crippen molar-refractivity contribution >= 4 is 17.2 Å². The molecule has 0 unspecified atom stereocenters. The van der Waals surface area contributed by atoms with Crippen LogP contribution in [0.5, 0.6) is 0 Å². The molecule has 0 aliphatic carbocycles. The quantitative estimate of drug-likeness (QED) is 0.617. The van der Waals surface area contributed by atoms with Gasteiger partial charge >= 0.3 is 0 Å².